The van der Waals surface area contributed by atoms with E-state index in [1.54, 1.807) is 4.90 Å². The van der Waals surface area contributed by atoms with Gasteiger partial charge in [-0.25, -0.2) is 0 Å². The Labute approximate surface area is 108 Å². The third-order valence-corrected chi connectivity index (χ3v) is 3.56. The lowest BCUT2D eigenvalue weighted by Gasteiger charge is -2.43. The molecule has 104 valence electrons. The highest BCUT2D eigenvalue weighted by atomic mass is 16.4. The lowest BCUT2D eigenvalue weighted by atomic mass is 9.70. The molecular weight excluding hydrogens is 234 g/mol. The van der Waals surface area contributed by atoms with Crippen molar-refractivity contribution in [3.63, 3.8) is 0 Å². The molecule has 0 spiro atoms. The number of nitrogens with zero attached hydrogens (tertiary/aromatic N) is 1. The second-order valence-corrected chi connectivity index (χ2v) is 6.26. The van der Waals surface area contributed by atoms with Crippen LogP contribution >= 0.6 is 0 Å². The van der Waals surface area contributed by atoms with Crippen LogP contribution in [0.3, 0.4) is 0 Å². The lowest BCUT2D eigenvalue weighted by molar-refractivity contribution is -0.143. The third-order valence-electron chi connectivity index (χ3n) is 3.56. The Morgan fingerprint density at radius 1 is 1.17 bits per heavy atom. The van der Waals surface area contributed by atoms with Crippen molar-refractivity contribution in [2.45, 2.75) is 46.1 Å². The number of hydrogen-bond donors (Lipinski definition) is 2. The van der Waals surface area contributed by atoms with E-state index in [0.29, 0.717) is 5.92 Å². The average Bonchev–Trinajstić information content (AvgIpc) is 2.11. The number of aliphatic carboxylic acids is 2. The summed E-state index contributed by atoms with van der Waals surface area (Å²) in [6, 6.07) is 0.0518. The summed E-state index contributed by atoms with van der Waals surface area (Å²) >= 11 is 0. The molecule has 5 heteroatoms. The molecule has 5 nitrogen and oxygen atoms in total. The van der Waals surface area contributed by atoms with Crippen LogP contribution < -0.4 is 0 Å². The van der Waals surface area contributed by atoms with E-state index in [1.165, 1.54) is 0 Å². The molecule has 1 fully saturated rings. The Morgan fingerprint density at radius 2 is 1.67 bits per heavy atom. The maximum Gasteiger partial charge on any atom is 0.317 e. The molecule has 2 unspecified atom stereocenters. The first-order valence-electron chi connectivity index (χ1n) is 6.37. The van der Waals surface area contributed by atoms with Gasteiger partial charge in [-0.1, -0.05) is 20.8 Å². The van der Waals surface area contributed by atoms with Gasteiger partial charge in [0.05, 0.1) is 13.1 Å². The molecule has 0 saturated heterocycles. The first kappa shape index (κ1) is 15.0. The van der Waals surface area contributed by atoms with Gasteiger partial charge in [-0.2, -0.15) is 0 Å². The van der Waals surface area contributed by atoms with Crippen molar-refractivity contribution >= 4 is 11.9 Å². The Hall–Kier alpha value is -1.10. The largest absolute Gasteiger partial charge is 0.480 e. The van der Waals surface area contributed by atoms with Crippen molar-refractivity contribution in [3.05, 3.63) is 0 Å². The topological polar surface area (TPSA) is 77.8 Å². The smallest absolute Gasteiger partial charge is 0.317 e. The van der Waals surface area contributed by atoms with Gasteiger partial charge in [-0.05, 0) is 30.6 Å². The van der Waals surface area contributed by atoms with Gasteiger partial charge in [0, 0.05) is 6.04 Å². The van der Waals surface area contributed by atoms with Crippen LogP contribution in [-0.2, 0) is 9.59 Å². The molecule has 1 rings (SSSR count). The maximum absolute atomic E-state index is 10.8. The van der Waals surface area contributed by atoms with Gasteiger partial charge in [0.2, 0.25) is 0 Å². The predicted octanol–water partition coefficient (Wildman–Crippen LogP) is 1.67. The van der Waals surface area contributed by atoms with Crippen molar-refractivity contribution in [2.75, 3.05) is 13.1 Å². The zero-order valence-electron chi connectivity index (χ0n) is 11.3. The minimum atomic E-state index is -0.965. The van der Waals surface area contributed by atoms with Crippen molar-refractivity contribution in [3.8, 4) is 0 Å². The molecule has 1 aliphatic carbocycles. The minimum Gasteiger partial charge on any atom is -0.480 e. The normalized spacial score (nSPS) is 27.1. The van der Waals surface area contributed by atoms with Crippen molar-refractivity contribution in [1.82, 2.24) is 4.90 Å². The van der Waals surface area contributed by atoms with Gasteiger partial charge in [0.1, 0.15) is 0 Å². The number of hydrogen-bond acceptors (Lipinski definition) is 3. The first-order chi connectivity index (χ1) is 8.19. The highest BCUT2D eigenvalue weighted by Crippen LogP contribution is 2.40. The van der Waals surface area contributed by atoms with Gasteiger partial charge < -0.3 is 10.2 Å². The number of carbonyl (C=O) groups is 2. The number of carboxylic acids is 2. The van der Waals surface area contributed by atoms with Crippen LogP contribution in [0.1, 0.15) is 40.0 Å². The van der Waals surface area contributed by atoms with Crippen LogP contribution in [-0.4, -0.2) is 46.2 Å². The molecule has 0 aliphatic heterocycles. The van der Waals surface area contributed by atoms with Crippen LogP contribution in [0.5, 0.6) is 0 Å². The summed E-state index contributed by atoms with van der Waals surface area (Å²) in [6.45, 7) is 6.08. The molecule has 0 heterocycles. The molecule has 1 aliphatic rings. The fraction of sp³-hybridized carbons (Fsp3) is 0.846. The van der Waals surface area contributed by atoms with E-state index < -0.39 is 11.9 Å². The standard InChI is InChI=1S/C13H23NO4/c1-9-4-10(6-13(2,3)5-9)14(7-11(15)16)8-12(17)18/h9-10H,4-8H2,1-3H3,(H,15,16)(H,17,18). The summed E-state index contributed by atoms with van der Waals surface area (Å²) in [7, 11) is 0. The van der Waals surface area contributed by atoms with E-state index >= 15 is 0 Å². The van der Waals surface area contributed by atoms with Gasteiger partial charge in [0.15, 0.2) is 0 Å². The Bertz CT molecular complexity index is 311. The second-order valence-electron chi connectivity index (χ2n) is 6.26. The summed E-state index contributed by atoms with van der Waals surface area (Å²) in [4.78, 5) is 23.3. The molecule has 0 radical (unpaired) electrons. The van der Waals surface area contributed by atoms with E-state index in [1.807, 2.05) is 0 Å². The fourth-order valence-electron chi connectivity index (χ4n) is 3.24. The van der Waals surface area contributed by atoms with Crippen LogP contribution in [0.4, 0.5) is 0 Å². The SMILES string of the molecule is CC1CC(N(CC(=O)O)CC(=O)O)CC(C)(C)C1. The van der Waals surface area contributed by atoms with Gasteiger partial charge >= 0.3 is 11.9 Å². The molecule has 0 bridgehead atoms. The summed E-state index contributed by atoms with van der Waals surface area (Å²) < 4.78 is 0. The van der Waals surface area contributed by atoms with E-state index in [-0.39, 0.29) is 24.5 Å². The zero-order chi connectivity index (χ0) is 13.9. The van der Waals surface area contributed by atoms with Crippen LogP contribution in [0.2, 0.25) is 0 Å². The number of carboxylic acid groups (broad SMARTS) is 2. The van der Waals surface area contributed by atoms with Crippen molar-refractivity contribution < 1.29 is 19.8 Å². The minimum absolute atomic E-state index is 0.0518. The third kappa shape index (κ3) is 4.64. The maximum atomic E-state index is 10.8. The highest BCUT2D eigenvalue weighted by molar-refractivity contribution is 5.72. The average molecular weight is 257 g/mol. The predicted molar refractivity (Wildman–Crippen MR) is 67.4 cm³/mol. The van der Waals surface area contributed by atoms with Crippen molar-refractivity contribution in [1.29, 1.82) is 0 Å². The zero-order valence-corrected chi connectivity index (χ0v) is 11.3. The molecular formula is C13H23NO4. The quantitative estimate of drug-likeness (QED) is 0.783. The fourth-order valence-corrected chi connectivity index (χ4v) is 3.24. The van der Waals surface area contributed by atoms with E-state index in [0.717, 1.165) is 19.3 Å². The van der Waals surface area contributed by atoms with Gasteiger partial charge in [-0.15, -0.1) is 0 Å². The molecule has 0 aromatic heterocycles. The van der Waals surface area contributed by atoms with Crippen molar-refractivity contribution in [2.24, 2.45) is 11.3 Å². The Balaban J connectivity index is 2.76. The van der Waals surface area contributed by atoms with Crippen LogP contribution in [0, 0.1) is 11.3 Å². The van der Waals surface area contributed by atoms with E-state index in [9.17, 15) is 9.59 Å². The molecule has 0 aromatic carbocycles. The molecule has 2 atom stereocenters. The van der Waals surface area contributed by atoms with Crippen LogP contribution in [0.15, 0.2) is 0 Å². The Morgan fingerprint density at radius 3 is 2.06 bits per heavy atom. The first-order valence-corrected chi connectivity index (χ1v) is 6.37. The van der Waals surface area contributed by atoms with E-state index in [4.69, 9.17) is 10.2 Å². The monoisotopic (exact) mass is 257 g/mol. The molecule has 18 heavy (non-hydrogen) atoms. The van der Waals surface area contributed by atoms with Crippen LogP contribution in [0.25, 0.3) is 0 Å². The number of rotatable bonds is 5. The molecule has 0 amide bonds. The lowest BCUT2D eigenvalue weighted by Crippen LogP contribution is -2.47. The van der Waals surface area contributed by atoms with Gasteiger partial charge in [-0.3, -0.25) is 14.5 Å². The summed E-state index contributed by atoms with van der Waals surface area (Å²) in [5.41, 5.74) is 0.150. The molecule has 0 aromatic rings. The van der Waals surface area contributed by atoms with Gasteiger partial charge in [0.25, 0.3) is 0 Å². The van der Waals surface area contributed by atoms with E-state index in [2.05, 4.69) is 20.8 Å². The Kier molecular flexibility index (Phi) is 4.73. The molecule has 1 saturated carbocycles. The summed E-state index contributed by atoms with van der Waals surface area (Å²) in [5, 5.41) is 17.8. The molecule has 2 N–H and O–H groups in total. The summed E-state index contributed by atoms with van der Waals surface area (Å²) in [6.07, 6.45) is 2.85. The second kappa shape index (κ2) is 5.69. The summed E-state index contributed by atoms with van der Waals surface area (Å²) in [5.74, 6) is -1.43. The highest BCUT2D eigenvalue weighted by Gasteiger charge is 2.36.